The molecule has 1 unspecified atom stereocenters. The predicted octanol–water partition coefficient (Wildman–Crippen LogP) is 0.917. The highest BCUT2D eigenvalue weighted by atomic mass is 16.5. The second-order valence-corrected chi connectivity index (χ2v) is 5.60. The third-order valence-electron chi connectivity index (χ3n) is 4.16. The number of aryl methyl sites for hydroxylation is 1. The molecular formula is C14H25N3O2. The van der Waals surface area contributed by atoms with E-state index in [2.05, 4.69) is 35.2 Å². The molecule has 0 amide bonds. The molecule has 108 valence electrons. The van der Waals surface area contributed by atoms with Crippen molar-refractivity contribution in [2.45, 2.75) is 45.4 Å². The fraction of sp³-hybridized carbons (Fsp3) is 0.786. The van der Waals surface area contributed by atoms with Gasteiger partial charge in [-0.3, -0.25) is 4.90 Å². The van der Waals surface area contributed by atoms with Crippen LogP contribution in [-0.2, 0) is 17.7 Å². The Labute approximate surface area is 115 Å². The summed E-state index contributed by atoms with van der Waals surface area (Å²) in [6.45, 7) is 10.4. The molecule has 0 aromatic carbocycles. The summed E-state index contributed by atoms with van der Waals surface area (Å²) in [6.07, 6.45) is 3.92. The Kier molecular flexibility index (Phi) is 4.60. The van der Waals surface area contributed by atoms with Crippen molar-refractivity contribution in [3.63, 3.8) is 0 Å². The molecule has 0 aliphatic carbocycles. The molecule has 1 N–H and O–H groups in total. The Bertz CT molecular complexity index is 397. The zero-order chi connectivity index (χ0) is 13.9. The summed E-state index contributed by atoms with van der Waals surface area (Å²) < 4.78 is 7.46. The first-order chi connectivity index (χ1) is 9.05. The normalized spacial score (nSPS) is 19.6. The van der Waals surface area contributed by atoms with Crippen LogP contribution in [0.5, 0.6) is 0 Å². The van der Waals surface area contributed by atoms with E-state index in [9.17, 15) is 5.11 Å². The molecule has 5 nitrogen and oxygen atoms in total. The molecule has 1 aliphatic heterocycles. The Morgan fingerprint density at radius 1 is 1.42 bits per heavy atom. The van der Waals surface area contributed by atoms with E-state index in [1.54, 1.807) is 6.20 Å². The van der Waals surface area contributed by atoms with E-state index < -0.39 is 6.10 Å². The monoisotopic (exact) mass is 267 g/mol. The molecule has 1 aromatic heterocycles. The molecule has 1 aromatic rings. The summed E-state index contributed by atoms with van der Waals surface area (Å²) in [7, 11) is 0. The highest BCUT2D eigenvalue weighted by Crippen LogP contribution is 2.22. The molecule has 1 saturated heterocycles. The maximum absolute atomic E-state index is 10.6. The second kappa shape index (κ2) is 6.03. The molecule has 0 radical (unpaired) electrons. The van der Waals surface area contributed by atoms with Crippen LogP contribution in [0.2, 0.25) is 0 Å². The van der Waals surface area contributed by atoms with Crippen molar-refractivity contribution in [2.24, 2.45) is 0 Å². The second-order valence-electron chi connectivity index (χ2n) is 5.60. The van der Waals surface area contributed by atoms with Gasteiger partial charge in [0.05, 0.1) is 19.3 Å². The van der Waals surface area contributed by atoms with Gasteiger partial charge in [0, 0.05) is 44.0 Å². The molecular weight excluding hydrogens is 242 g/mol. The molecule has 5 heteroatoms. The number of aromatic nitrogens is 2. The van der Waals surface area contributed by atoms with Crippen molar-refractivity contribution in [1.82, 2.24) is 14.5 Å². The van der Waals surface area contributed by atoms with E-state index in [1.165, 1.54) is 0 Å². The highest BCUT2D eigenvalue weighted by Gasteiger charge is 2.35. The van der Waals surface area contributed by atoms with Crippen LogP contribution in [0.25, 0.3) is 0 Å². The Morgan fingerprint density at radius 2 is 2.11 bits per heavy atom. The Morgan fingerprint density at radius 3 is 2.74 bits per heavy atom. The summed E-state index contributed by atoms with van der Waals surface area (Å²) in [4.78, 5) is 6.65. The van der Waals surface area contributed by atoms with Gasteiger partial charge in [-0.05, 0) is 20.8 Å². The Balaban J connectivity index is 2.03. The zero-order valence-corrected chi connectivity index (χ0v) is 12.2. The van der Waals surface area contributed by atoms with Gasteiger partial charge in [-0.25, -0.2) is 4.98 Å². The van der Waals surface area contributed by atoms with Crippen LogP contribution in [-0.4, -0.2) is 57.5 Å². The van der Waals surface area contributed by atoms with Crippen molar-refractivity contribution < 1.29 is 9.84 Å². The molecule has 0 spiro atoms. The van der Waals surface area contributed by atoms with Crippen molar-refractivity contribution >= 4 is 0 Å². The van der Waals surface area contributed by atoms with E-state index in [0.29, 0.717) is 6.42 Å². The minimum Gasteiger partial charge on any atom is -0.391 e. The number of ether oxygens (including phenoxy) is 1. The first-order valence-electron chi connectivity index (χ1n) is 7.06. The van der Waals surface area contributed by atoms with E-state index >= 15 is 0 Å². The maximum atomic E-state index is 10.6. The average molecular weight is 267 g/mol. The van der Waals surface area contributed by atoms with Crippen molar-refractivity contribution in [2.75, 3.05) is 26.3 Å². The predicted molar refractivity (Wildman–Crippen MR) is 74.1 cm³/mol. The summed E-state index contributed by atoms with van der Waals surface area (Å²) >= 11 is 0. The van der Waals surface area contributed by atoms with Gasteiger partial charge in [0.1, 0.15) is 5.82 Å². The summed E-state index contributed by atoms with van der Waals surface area (Å²) in [5, 5.41) is 10.6. The molecule has 1 fully saturated rings. The number of morpholine rings is 1. The van der Waals surface area contributed by atoms with Crippen LogP contribution in [0.4, 0.5) is 0 Å². The van der Waals surface area contributed by atoms with Crippen LogP contribution >= 0.6 is 0 Å². The number of aliphatic hydroxyl groups is 1. The van der Waals surface area contributed by atoms with Crippen LogP contribution in [0, 0.1) is 0 Å². The quantitative estimate of drug-likeness (QED) is 0.862. The fourth-order valence-corrected chi connectivity index (χ4v) is 2.59. The number of nitrogens with zero attached hydrogens (tertiary/aromatic N) is 3. The lowest BCUT2D eigenvalue weighted by Crippen LogP contribution is -2.56. The van der Waals surface area contributed by atoms with Crippen molar-refractivity contribution in [1.29, 1.82) is 0 Å². The van der Waals surface area contributed by atoms with Crippen LogP contribution < -0.4 is 0 Å². The molecule has 2 rings (SSSR count). The van der Waals surface area contributed by atoms with Gasteiger partial charge in [-0.1, -0.05) is 0 Å². The van der Waals surface area contributed by atoms with Crippen molar-refractivity contribution in [3.05, 3.63) is 18.2 Å². The SMILES string of the molecule is CCn1ccnc1CC(O)C(C)(C)N1CCOCC1. The van der Waals surface area contributed by atoms with E-state index in [4.69, 9.17) is 4.74 Å². The maximum Gasteiger partial charge on any atom is 0.111 e. The zero-order valence-electron chi connectivity index (χ0n) is 12.2. The number of rotatable bonds is 5. The lowest BCUT2D eigenvalue weighted by molar-refractivity contribution is -0.0618. The molecule has 1 atom stereocenters. The van der Waals surface area contributed by atoms with Gasteiger partial charge in [0.2, 0.25) is 0 Å². The van der Waals surface area contributed by atoms with Crippen LogP contribution in [0.3, 0.4) is 0 Å². The lowest BCUT2D eigenvalue weighted by atomic mass is 9.91. The van der Waals surface area contributed by atoms with E-state index in [1.807, 2.05) is 6.20 Å². The molecule has 2 heterocycles. The third kappa shape index (κ3) is 3.16. The topological polar surface area (TPSA) is 50.5 Å². The highest BCUT2D eigenvalue weighted by molar-refractivity contribution is 5.00. The summed E-state index contributed by atoms with van der Waals surface area (Å²) in [6, 6.07) is 0. The standard InChI is InChI=1S/C14H25N3O2/c1-4-16-6-5-15-13(16)11-12(18)14(2,3)17-7-9-19-10-8-17/h5-6,12,18H,4,7-11H2,1-3H3. The number of hydrogen-bond acceptors (Lipinski definition) is 4. The van der Waals surface area contributed by atoms with Crippen molar-refractivity contribution in [3.8, 4) is 0 Å². The van der Waals surface area contributed by atoms with Crippen LogP contribution in [0.1, 0.15) is 26.6 Å². The summed E-state index contributed by atoms with van der Waals surface area (Å²) in [5.74, 6) is 0.955. The minimum absolute atomic E-state index is 0.256. The number of imidazole rings is 1. The van der Waals surface area contributed by atoms with Gasteiger partial charge >= 0.3 is 0 Å². The third-order valence-corrected chi connectivity index (χ3v) is 4.16. The lowest BCUT2D eigenvalue weighted by Gasteiger charge is -2.43. The smallest absolute Gasteiger partial charge is 0.111 e. The van der Waals surface area contributed by atoms with Gasteiger partial charge < -0.3 is 14.4 Å². The van der Waals surface area contributed by atoms with E-state index in [-0.39, 0.29) is 5.54 Å². The minimum atomic E-state index is -0.432. The van der Waals surface area contributed by atoms with Gasteiger partial charge in [0.25, 0.3) is 0 Å². The average Bonchev–Trinajstić information content (AvgIpc) is 2.87. The van der Waals surface area contributed by atoms with Gasteiger partial charge in [0.15, 0.2) is 0 Å². The van der Waals surface area contributed by atoms with Gasteiger partial charge in [-0.15, -0.1) is 0 Å². The molecule has 0 saturated carbocycles. The molecule has 19 heavy (non-hydrogen) atoms. The number of aliphatic hydroxyl groups excluding tert-OH is 1. The molecule has 0 bridgehead atoms. The first-order valence-corrected chi connectivity index (χ1v) is 7.06. The molecule has 1 aliphatic rings. The fourth-order valence-electron chi connectivity index (χ4n) is 2.59. The summed E-state index contributed by atoms with van der Waals surface area (Å²) in [5.41, 5.74) is -0.256. The Hall–Kier alpha value is -0.910. The first kappa shape index (κ1) is 14.5. The largest absolute Gasteiger partial charge is 0.391 e. The van der Waals surface area contributed by atoms with E-state index in [0.717, 1.165) is 38.7 Å². The number of hydrogen-bond donors (Lipinski definition) is 1. The van der Waals surface area contributed by atoms with Gasteiger partial charge in [-0.2, -0.15) is 0 Å². The van der Waals surface area contributed by atoms with Crippen LogP contribution in [0.15, 0.2) is 12.4 Å².